The van der Waals surface area contributed by atoms with E-state index in [0.717, 1.165) is 6.08 Å². The molecule has 1 aromatic carbocycles. The molecule has 0 bridgehead atoms. The normalized spacial score (nSPS) is 16.2. The van der Waals surface area contributed by atoms with Crippen LogP contribution in [0, 0.1) is 5.92 Å². The van der Waals surface area contributed by atoms with Crippen molar-refractivity contribution < 1.29 is 29.1 Å². The summed E-state index contributed by atoms with van der Waals surface area (Å²) in [7, 11) is 2.36. The Labute approximate surface area is 137 Å². The number of imide groups is 2. The molecule has 0 saturated carbocycles. The van der Waals surface area contributed by atoms with Gasteiger partial charge in [-0.25, -0.2) is 9.59 Å². The van der Waals surface area contributed by atoms with E-state index >= 15 is 0 Å². The van der Waals surface area contributed by atoms with Gasteiger partial charge in [-0.3, -0.25) is 24.2 Å². The van der Waals surface area contributed by atoms with Crippen LogP contribution < -0.4 is 0 Å². The summed E-state index contributed by atoms with van der Waals surface area (Å²) in [5.41, 5.74) is 0.235. The predicted molar refractivity (Wildman–Crippen MR) is 81.9 cm³/mol. The number of aromatic carboxylic acids is 1. The molecule has 8 nitrogen and oxygen atoms in total. The summed E-state index contributed by atoms with van der Waals surface area (Å²) in [6.45, 7) is 0. The summed E-state index contributed by atoms with van der Waals surface area (Å²) >= 11 is 0. The molecule has 0 unspecified atom stereocenters. The lowest BCUT2D eigenvalue weighted by Crippen LogP contribution is -2.58. The lowest BCUT2D eigenvalue weighted by atomic mass is 9.97. The zero-order chi connectivity index (χ0) is 18.0. The molecule has 1 N–H and O–H groups in total. The van der Waals surface area contributed by atoms with Gasteiger partial charge in [-0.2, -0.15) is 0 Å². The molecule has 1 saturated heterocycles. The third-order valence-corrected chi connectivity index (χ3v) is 3.63. The predicted octanol–water partition coefficient (Wildman–Crippen LogP) is 0.634. The number of urea groups is 1. The highest BCUT2D eigenvalue weighted by Crippen LogP contribution is 2.18. The van der Waals surface area contributed by atoms with Gasteiger partial charge in [-0.15, -0.1) is 0 Å². The largest absolute Gasteiger partial charge is 0.478 e. The number of nitrogens with zero attached hydrogens (tertiary/aromatic N) is 2. The molecule has 0 atom stereocenters. The van der Waals surface area contributed by atoms with E-state index in [1.54, 1.807) is 6.07 Å². The van der Waals surface area contributed by atoms with E-state index in [2.05, 4.69) is 0 Å². The van der Waals surface area contributed by atoms with Crippen LogP contribution in [0.3, 0.4) is 0 Å². The smallest absolute Gasteiger partial charge is 0.336 e. The highest BCUT2D eigenvalue weighted by Gasteiger charge is 2.45. The highest BCUT2D eigenvalue weighted by atomic mass is 16.4. The second-order valence-corrected chi connectivity index (χ2v) is 5.14. The Morgan fingerprint density at radius 3 is 2.12 bits per heavy atom. The first-order valence-electron chi connectivity index (χ1n) is 6.89. The van der Waals surface area contributed by atoms with Gasteiger partial charge in [-0.1, -0.05) is 24.3 Å². The minimum Gasteiger partial charge on any atom is -0.478 e. The molecule has 24 heavy (non-hydrogen) atoms. The third kappa shape index (κ3) is 2.94. The first-order chi connectivity index (χ1) is 11.3. The average Bonchev–Trinajstić information content (AvgIpc) is 2.56. The van der Waals surface area contributed by atoms with Crippen molar-refractivity contribution in [2.45, 2.75) is 0 Å². The van der Waals surface area contributed by atoms with Gasteiger partial charge in [-0.05, 0) is 17.7 Å². The number of carboxylic acids is 1. The molecular formula is C16H14N2O6. The Hall–Kier alpha value is -3.29. The summed E-state index contributed by atoms with van der Waals surface area (Å²) in [5, 5.41) is 9.08. The minimum atomic E-state index is -1.65. The number of carboxylic acid groups (broad SMARTS) is 1. The second kappa shape index (κ2) is 6.45. The van der Waals surface area contributed by atoms with E-state index in [1.807, 2.05) is 0 Å². The van der Waals surface area contributed by atoms with Crippen molar-refractivity contribution in [1.82, 2.24) is 9.80 Å². The molecule has 1 heterocycles. The number of barbiturate groups is 1. The van der Waals surface area contributed by atoms with Crippen LogP contribution in [0.15, 0.2) is 30.3 Å². The van der Waals surface area contributed by atoms with Gasteiger partial charge in [0, 0.05) is 14.1 Å². The van der Waals surface area contributed by atoms with Crippen molar-refractivity contribution in [2.75, 3.05) is 14.1 Å². The van der Waals surface area contributed by atoms with E-state index in [4.69, 9.17) is 5.11 Å². The Morgan fingerprint density at radius 1 is 1.04 bits per heavy atom. The van der Waals surface area contributed by atoms with Crippen LogP contribution in [0.1, 0.15) is 15.9 Å². The Balaban J connectivity index is 2.29. The molecule has 1 fully saturated rings. The van der Waals surface area contributed by atoms with Crippen LogP contribution in [0.4, 0.5) is 4.79 Å². The van der Waals surface area contributed by atoms with Crippen molar-refractivity contribution in [3.8, 4) is 0 Å². The van der Waals surface area contributed by atoms with Crippen molar-refractivity contribution >= 4 is 35.7 Å². The van der Waals surface area contributed by atoms with Gasteiger partial charge in [0.05, 0.1) is 5.56 Å². The topological polar surface area (TPSA) is 112 Å². The molecule has 2 rings (SSSR count). The fourth-order valence-electron chi connectivity index (χ4n) is 2.26. The summed E-state index contributed by atoms with van der Waals surface area (Å²) in [5.74, 6) is -5.46. The number of carbonyl (C=O) groups is 5. The molecule has 0 aliphatic carbocycles. The number of ketones is 1. The number of hydrogen-bond acceptors (Lipinski definition) is 5. The quantitative estimate of drug-likeness (QED) is 0.640. The Bertz CT molecular complexity index is 759. The van der Waals surface area contributed by atoms with Gasteiger partial charge < -0.3 is 5.11 Å². The summed E-state index contributed by atoms with van der Waals surface area (Å²) in [6.07, 6.45) is 2.20. The van der Waals surface area contributed by atoms with Crippen LogP contribution >= 0.6 is 0 Å². The average molecular weight is 330 g/mol. The molecule has 0 radical (unpaired) electrons. The minimum absolute atomic E-state index is 0.0211. The van der Waals surface area contributed by atoms with Gasteiger partial charge in [0.2, 0.25) is 0 Å². The number of rotatable bonds is 4. The molecule has 1 aliphatic heterocycles. The van der Waals surface area contributed by atoms with Crippen LogP contribution in [-0.2, 0) is 14.4 Å². The number of allylic oxidation sites excluding steroid dienone is 1. The van der Waals surface area contributed by atoms with Crippen molar-refractivity contribution in [3.05, 3.63) is 41.5 Å². The molecule has 0 spiro atoms. The highest BCUT2D eigenvalue weighted by molar-refractivity contribution is 6.28. The lowest BCUT2D eigenvalue weighted by molar-refractivity contribution is -0.150. The summed E-state index contributed by atoms with van der Waals surface area (Å²) < 4.78 is 0. The van der Waals surface area contributed by atoms with E-state index < -0.39 is 35.5 Å². The first-order valence-corrected chi connectivity index (χ1v) is 6.89. The third-order valence-electron chi connectivity index (χ3n) is 3.63. The van der Waals surface area contributed by atoms with Crippen molar-refractivity contribution in [3.63, 3.8) is 0 Å². The zero-order valence-corrected chi connectivity index (χ0v) is 12.9. The Kier molecular flexibility index (Phi) is 4.59. The van der Waals surface area contributed by atoms with E-state index in [9.17, 15) is 24.0 Å². The maximum atomic E-state index is 12.2. The Morgan fingerprint density at radius 2 is 1.58 bits per heavy atom. The zero-order valence-electron chi connectivity index (χ0n) is 12.9. The maximum absolute atomic E-state index is 12.2. The summed E-state index contributed by atoms with van der Waals surface area (Å²) in [4.78, 5) is 60.4. The lowest BCUT2D eigenvalue weighted by Gasteiger charge is -2.31. The van der Waals surface area contributed by atoms with Crippen LogP contribution in [0.25, 0.3) is 6.08 Å². The van der Waals surface area contributed by atoms with Gasteiger partial charge in [0.1, 0.15) is 0 Å². The fourth-order valence-corrected chi connectivity index (χ4v) is 2.26. The van der Waals surface area contributed by atoms with Crippen LogP contribution in [0.2, 0.25) is 0 Å². The molecule has 124 valence electrons. The van der Waals surface area contributed by atoms with Crippen LogP contribution in [-0.4, -0.2) is 58.6 Å². The SMILES string of the molecule is CN1C(=O)C(C(=O)/C=C/c2ccccc2C(=O)O)C(=O)N(C)C1=O. The van der Waals surface area contributed by atoms with E-state index in [-0.39, 0.29) is 11.1 Å². The van der Waals surface area contributed by atoms with E-state index in [0.29, 0.717) is 9.80 Å². The van der Waals surface area contributed by atoms with Gasteiger partial charge in [0.15, 0.2) is 11.7 Å². The molecule has 1 aromatic rings. The molecular weight excluding hydrogens is 316 g/mol. The van der Waals surface area contributed by atoms with Crippen molar-refractivity contribution in [1.29, 1.82) is 0 Å². The number of amides is 4. The molecule has 1 aliphatic rings. The fraction of sp³-hybridized carbons (Fsp3) is 0.188. The molecule has 0 aromatic heterocycles. The molecule has 4 amide bonds. The van der Waals surface area contributed by atoms with E-state index in [1.165, 1.54) is 38.4 Å². The number of hydrogen-bond donors (Lipinski definition) is 1. The second-order valence-electron chi connectivity index (χ2n) is 5.14. The van der Waals surface area contributed by atoms with Gasteiger partial charge >= 0.3 is 12.0 Å². The number of benzene rings is 1. The van der Waals surface area contributed by atoms with Gasteiger partial charge in [0.25, 0.3) is 11.8 Å². The first kappa shape index (κ1) is 17.1. The molecule has 8 heteroatoms. The van der Waals surface area contributed by atoms with Crippen LogP contribution in [0.5, 0.6) is 0 Å². The summed E-state index contributed by atoms with van der Waals surface area (Å²) in [6, 6.07) is 5.16. The number of carbonyl (C=O) groups excluding carboxylic acids is 4. The monoisotopic (exact) mass is 330 g/mol. The van der Waals surface area contributed by atoms with Crippen molar-refractivity contribution in [2.24, 2.45) is 5.92 Å². The maximum Gasteiger partial charge on any atom is 0.336 e. The standard InChI is InChI=1S/C16H14N2O6/c1-17-13(20)12(14(21)18(2)16(17)24)11(19)8-7-9-5-3-4-6-10(9)15(22)23/h3-8,12H,1-2H3,(H,22,23)/b8-7+.